The Labute approximate surface area is 122 Å². The van der Waals surface area contributed by atoms with Crippen LogP contribution < -0.4 is 4.90 Å². The lowest BCUT2D eigenvalue weighted by Gasteiger charge is -2.36. The van der Waals surface area contributed by atoms with Crippen molar-refractivity contribution >= 4 is 28.6 Å². The minimum Gasteiger partial charge on any atom is -0.392 e. The average molecular weight is 294 g/mol. The number of aliphatic hydroxyl groups is 1. The van der Waals surface area contributed by atoms with Crippen molar-refractivity contribution in [2.24, 2.45) is 0 Å². The average Bonchev–Trinajstić information content (AvgIpc) is 2.89. The third-order valence-electron chi connectivity index (χ3n) is 3.80. The molecular weight excluding hydrogens is 278 g/mol. The summed E-state index contributed by atoms with van der Waals surface area (Å²) in [7, 11) is 0. The summed E-state index contributed by atoms with van der Waals surface area (Å²) in [4.78, 5) is 3.85. The predicted molar refractivity (Wildman–Crippen MR) is 81.2 cm³/mol. The fourth-order valence-electron chi connectivity index (χ4n) is 2.80. The number of hydrogen-bond acceptors (Lipinski definition) is 3. The van der Waals surface area contributed by atoms with Crippen LogP contribution in [0.5, 0.6) is 0 Å². The number of thiophene rings is 1. The predicted octanol–water partition coefficient (Wildman–Crippen LogP) is 4.02. The fraction of sp³-hybridized carbons (Fsp3) is 0.333. The van der Waals surface area contributed by atoms with E-state index in [1.54, 1.807) is 0 Å². The molecule has 2 aromatic rings. The summed E-state index contributed by atoms with van der Waals surface area (Å²) in [5.74, 6) is 0. The molecule has 0 saturated heterocycles. The molecule has 0 fully saturated rings. The van der Waals surface area contributed by atoms with E-state index in [9.17, 15) is 5.11 Å². The molecule has 1 aliphatic rings. The van der Waals surface area contributed by atoms with E-state index in [4.69, 9.17) is 11.6 Å². The maximum atomic E-state index is 9.53. The standard InChI is InChI=1S/C15H16ClNOS/c1-10-13-5-7-19-15(13)4-6-17(10)14-3-2-12(16)8-11(14)9-18/h2-3,5,7-8,10,18H,4,6,9H2,1H3. The van der Waals surface area contributed by atoms with Gasteiger partial charge in [-0.1, -0.05) is 11.6 Å². The van der Waals surface area contributed by atoms with Gasteiger partial charge < -0.3 is 10.0 Å². The van der Waals surface area contributed by atoms with Gasteiger partial charge in [0.2, 0.25) is 0 Å². The van der Waals surface area contributed by atoms with Gasteiger partial charge in [-0.15, -0.1) is 11.3 Å². The van der Waals surface area contributed by atoms with Gasteiger partial charge in [0.15, 0.2) is 0 Å². The van der Waals surface area contributed by atoms with Crippen LogP contribution in [0.4, 0.5) is 5.69 Å². The summed E-state index contributed by atoms with van der Waals surface area (Å²) in [6, 6.07) is 8.33. The highest BCUT2D eigenvalue weighted by Gasteiger charge is 2.26. The summed E-state index contributed by atoms with van der Waals surface area (Å²) in [5, 5.41) is 12.4. The molecule has 3 rings (SSSR count). The van der Waals surface area contributed by atoms with Crippen LogP contribution in [-0.4, -0.2) is 11.7 Å². The first-order chi connectivity index (χ1) is 9.20. The summed E-state index contributed by atoms with van der Waals surface area (Å²) in [5.41, 5.74) is 3.41. The molecule has 1 aromatic heterocycles. The van der Waals surface area contributed by atoms with Crippen molar-refractivity contribution in [1.29, 1.82) is 0 Å². The molecule has 1 aromatic carbocycles. The van der Waals surface area contributed by atoms with Crippen LogP contribution >= 0.6 is 22.9 Å². The Morgan fingerprint density at radius 3 is 3.05 bits per heavy atom. The van der Waals surface area contributed by atoms with Crippen molar-refractivity contribution in [3.05, 3.63) is 50.7 Å². The molecule has 100 valence electrons. The van der Waals surface area contributed by atoms with Crippen LogP contribution in [0.2, 0.25) is 5.02 Å². The van der Waals surface area contributed by atoms with Gasteiger partial charge in [0, 0.05) is 27.7 Å². The third-order valence-corrected chi connectivity index (χ3v) is 5.03. The molecule has 0 aliphatic carbocycles. The van der Waals surface area contributed by atoms with Crippen LogP contribution in [0.1, 0.15) is 29.0 Å². The number of aliphatic hydroxyl groups excluding tert-OH is 1. The van der Waals surface area contributed by atoms with Crippen molar-refractivity contribution in [3.8, 4) is 0 Å². The summed E-state index contributed by atoms with van der Waals surface area (Å²) in [6.45, 7) is 3.24. The van der Waals surface area contributed by atoms with E-state index in [0.717, 1.165) is 24.2 Å². The Morgan fingerprint density at radius 2 is 2.26 bits per heavy atom. The van der Waals surface area contributed by atoms with Crippen LogP contribution in [0, 0.1) is 0 Å². The summed E-state index contributed by atoms with van der Waals surface area (Å²) < 4.78 is 0. The number of nitrogens with zero attached hydrogens (tertiary/aromatic N) is 1. The van der Waals surface area contributed by atoms with Gasteiger partial charge in [-0.05, 0) is 48.6 Å². The number of hydrogen-bond donors (Lipinski definition) is 1. The van der Waals surface area contributed by atoms with Gasteiger partial charge in [0.25, 0.3) is 0 Å². The SMILES string of the molecule is CC1c2ccsc2CCN1c1ccc(Cl)cc1CO. The zero-order valence-electron chi connectivity index (χ0n) is 10.8. The van der Waals surface area contributed by atoms with Crippen molar-refractivity contribution in [1.82, 2.24) is 0 Å². The van der Waals surface area contributed by atoms with Crippen molar-refractivity contribution in [2.75, 3.05) is 11.4 Å². The first-order valence-corrected chi connectivity index (χ1v) is 7.68. The largest absolute Gasteiger partial charge is 0.392 e. The van der Waals surface area contributed by atoms with E-state index in [1.807, 2.05) is 29.5 Å². The zero-order chi connectivity index (χ0) is 13.4. The molecule has 1 atom stereocenters. The minimum atomic E-state index is 0.0234. The fourth-order valence-corrected chi connectivity index (χ4v) is 3.96. The van der Waals surface area contributed by atoms with Crippen LogP contribution in [0.15, 0.2) is 29.6 Å². The molecule has 0 saturated carbocycles. The third kappa shape index (κ3) is 2.27. The zero-order valence-corrected chi connectivity index (χ0v) is 12.3. The van der Waals surface area contributed by atoms with Crippen molar-refractivity contribution in [2.45, 2.75) is 26.0 Å². The molecular formula is C15H16ClNOS. The monoisotopic (exact) mass is 293 g/mol. The van der Waals surface area contributed by atoms with E-state index in [0.29, 0.717) is 11.1 Å². The lowest BCUT2D eigenvalue weighted by molar-refractivity contribution is 0.282. The van der Waals surface area contributed by atoms with E-state index in [2.05, 4.69) is 23.3 Å². The van der Waals surface area contributed by atoms with Gasteiger partial charge in [0.05, 0.1) is 12.6 Å². The van der Waals surface area contributed by atoms with E-state index in [-0.39, 0.29) is 6.61 Å². The van der Waals surface area contributed by atoms with E-state index >= 15 is 0 Å². The molecule has 4 heteroatoms. The highest BCUT2D eigenvalue weighted by Crippen LogP contribution is 2.37. The summed E-state index contributed by atoms with van der Waals surface area (Å²) in [6.07, 6.45) is 1.07. The lowest BCUT2D eigenvalue weighted by atomic mass is 9.99. The first kappa shape index (κ1) is 13.0. The van der Waals surface area contributed by atoms with Gasteiger partial charge in [0.1, 0.15) is 0 Å². The maximum Gasteiger partial charge on any atom is 0.0702 e. The molecule has 0 bridgehead atoms. The molecule has 19 heavy (non-hydrogen) atoms. The second-order valence-electron chi connectivity index (χ2n) is 4.85. The van der Waals surface area contributed by atoms with Gasteiger partial charge in [-0.2, -0.15) is 0 Å². The summed E-state index contributed by atoms with van der Waals surface area (Å²) >= 11 is 7.85. The number of benzene rings is 1. The number of fused-ring (bicyclic) bond motifs is 1. The normalized spacial score (nSPS) is 18.5. The van der Waals surface area contributed by atoms with E-state index < -0.39 is 0 Å². The number of halogens is 1. The molecule has 0 spiro atoms. The van der Waals surface area contributed by atoms with Gasteiger partial charge >= 0.3 is 0 Å². The first-order valence-electron chi connectivity index (χ1n) is 6.43. The topological polar surface area (TPSA) is 23.5 Å². The lowest BCUT2D eigenvalue weighted by Crippen LogP contribution is -2.33. The maximum absolute atomic E-state index is 9.53. The smallest absolute Gasteiger partial charge is 0.0702 e. The minimum absolute atomic E-state index is 0.0234. The second-order valence-corrected chi connectivity index (χ2v) is 6.29. The van der Waals surface area contributed by atoms with Gasteiger partial charge in [-0.25, -0.2) is 0 Å². The van der Waals surface area contributed by atoms with Gasteiger partial charge in [-0.3, -0.25) is 0 Å². The van der Waals surface area contributed by atoms with E-state index in [1.165, 1.54) is 10.4 Å². The van der Waals surface area contributed by atoms with Crippen molar-refractivity contribution < 1.29 is 5.11 Å². The Balaban J connectivity index is 2.00. The van der Waals surface area contributed by atoms with Crippen LogP contribution in [0.3, 0.4) is 0 Å². The quantitative estimate of drug-likeness (QED) is 0.904. The Bertz CT molecular complexity index is 596. The van der Waals surface area contributed by atoms with Crippen LogP contribution in [-0.2, 0) is 13.0 Å². The molecule has 1 unspecified atom stereocenters. The Kier molecular flexibility index (Phi) is 3.52. The van der Waals surface area contributed by atoms with Crippen LogP contribution in [0.25, 0.3) is 0 Å². The second kappa shape index (κ2) is 5.16. The molecule has 1 N–H and O–H groups in total. The Morgan fingerprint density at radius 1 is 1.42 bits per heavy atom. The highest BCUT2D eigenvalue weighted by atomic mass is 35.5. The number of rotatable bonds is 2. The molecule has 2 nitrogen and oxygen atoms in total. The highest BCUT2D eigenvalue weighted by molar-refractivity contribution is 7.10. The molecule has 1 aliphatic heterocycles. The molecule has 2 heterocycles. The number of anilines is 1. The molecule has 0 amide bonds. The molecule has 0 radical (unpaired) electrons. The van der Waals surface area contributed by atoms with Crippen molar-refractivity contribution in [3.63, 3.8) is 0 Å². The Hall–Kier alpha value is -1.03.